The van der Waals surface area contributed by atoms with Gasteiger partial charge in [-0.2, -0.15) is 0 Å². The molecule has 7 heteroatoms. The summed E-state index contributed by atoms with van der Waals surface area (Å²) in [5.41, 5.74) is 3.60. The lowest BCUT2D eigenvalue weighted by atomic mass is 10.0. The molecule has 1 aliphatic heterocycles. The minimum absolute atomic E-state index is 0.196. The molecule has 0 fully saturated rings. The quantitative estimate of drug-likeness (QED) is 0.690. The minimum Gasteiger partial charge on any atom is -0.324 e. The van der Waals surface area contributed by atoms with Gasteiger partial charge in [-0.05, 0) is 61.9 Å². The summed E-state index contributed by atoms with van der Waals surface area (Å²) in [6.45, 7) is 3.76. The van der Waals surface area contributed by atoms with E-state index in [1.165, 1.54) is 18.2 Å². The summed E-state index contributed by atoms with van der Waals surface area (Å²) >= 11 is 6.19. The largest absolute Gasteiger partial charge is 0.324 e. The number of hydrogen-bond acceptors (Lipinski definition) is 3. The van der Waals surface area contributed by atoms with E-state index in [1.54, 1.807) is 42.2 Å². The summed E-state index contributed by atoms with van der Waals surface area (Å²) < 4.78 is 13.6. The van der Waals surface area contributed by atoms with E-state index in [1.807, 2.05) is 11.8 Å². The number of amides is 1. The third-order valence-corrected chi connectivity index (χ3v) is 5.07. The molecule has 0 radical (unpaired) electrons. The number of anilines is 3. The van der Waals surface area contributed by atoms with E-state index in [2.05, 4.69) is 4.98 Å². The van der Waals surface area contributed by atoms with Crippen LogP contribution in [0.5, 0.6) is 0 Å². The third-order valence-electron chi connectivity index (χ3n) is 4.84. The van der Waals surface area contributed by atoms with Crippen LogP contribution in [0.1, 0.15) is 21.6 Å². The number of carbonyl (C=O) groups is 1. The molecular formula is C21H17ClFN3O2. The number of nitrogens with one attached hydrogen (secondary N) is 1. The van der Waals surface area contributed by atoms with Gasteiger partial charge in [0.25, 0.3) is 5.91 Å². The number of carbonyl (C=O) groups excluding carboxylic acids is 1. The first kappa shape index (κ1) is 18.3. The van der Waals surface area contributed by atoms with Crippen molar-refractivity contribution in [3.8, 4) is 0 Å². The van der Waals surface area contributed by atoms with Gasteiger partial charge in [0.1, 0.15) is 12.5 Å². The van der Waals surface area contributed by atoms with Crippen LogP contribution in [0, 0.1) is 19.7 Å². The summed E-state index contributed by atoms with van der Waals surface area (Å²) in [6, 6.07) is 12.6. The molecule has 4 rings (SSSR count). The Hall–Kier alpha value is -3.12. The molecule has 0 saturated carbocycles. The average Bonchev–Trinajstić information content (AvgIpc) is 2.63. The fraction of sp³-hybridized carbons (Fsp3) is 0.143. The molecule has 2 aromatic carbocycles. The molecule has 5 nitrogen and oxygen atoms in total. The van der Waals surface area contributed by atoms with Crippen LogP contribution < -0.4 is 15.4 Å². The van der Waals surface area contributed by atoms with Crippen molar-refractivity contribution in [2.24, 2.45) is 0 Å². The number of aromatic amines is 1. The van der Waals surface area contributed by atoms with Crippen molar-refractivity contribution in [1.29, 1.82) is 0 Å². The number of pyridine rings is 1. The van der Waals surface area contributed by atoms with Gasteiger partial charge in [-0.25, -0.2) is 4.39 Å². The van der Waals surface area contributed by atoms with Gasteiger partial charge in [-0.1, -0.05) is 11.6 Å². The highest BCUT2D eigenvalue weighted by atomic mass is 35.5. The van der Waals surface area contributed by atoms with E-state index >= 15 is 0 Å². The highest BCUT2D eigenvalue weighted by Crippen LogP contribution is 2.38. The van der Waals surface area contributed by atoms with Crippen molar-refractivity contribution < 1.29 is 9.18 Å². The molecule has 0 saturated heterocycles. The highest BCUT2D eigenvalue weighted by Gasteiger charge is 2.32. The first-order chi connectivity index (χ1) is 13.3. The Bertz CT molecular complexity index is 1160. The second-order valence-corrected chi connectivity index (χ2v) is 7.16. The Morgan fingerprint density at radius 2 is 1.68 bits per heavy atom. The normalized spacial score (nSPS) is 13.6. The van der Waals surface area contributed by atoms with Gasteiger partial charge in [-0.3, -0.25) is 14.5 Å². The SMILES string of the molecule is Cc1cc(F)ccc1N1CN(c2ccc(=O)[nH]c2C)C(=O)c2ccc(Cl)cc21. The Morgan fingerprint density at radius 1 is 0.929 bits per heavy atom. The summed E-state index contributed by atoms with van der Waals surface area (Å²) in [6.07, 6.45) is 0. The first-order valence-electron chi connectivity index (χ1n) is 8.70. The van der Waals surface area contributed by atoms with Gasteiger partial charge < -0.3 is 9.88 Å². The second-order valence-electron chi connectivity index (χ2n) is 6.73. The van der Waals surface area contributed by atoms with Gasteiger partial charge in [0, 0.05) is 22.5 Å². The van der Waals surface area contributed by atoms with Crippen molar-refractivity contribution in [2.45, 2.75) is 13.8 Å². The Balaban J connectivity index is 1.90. The molecule has 28 heavy (non-hydrogen) atoms. The number of aryl methyl sites for hydroxylation is 2. The smallest absolute Gasteiger partial charge is 0.261 e. The highest BCUT2D eigenvalue weighted by molar-refractivity contribution is 6.31. The number of hydrogen-bond donors (Lipinski definition) is 1. The van der Waals surface area contributed by atoms with Crippen molar-refractivity contribution >= 4 is 34.6 Å². The third kappa shape index (κ3) is 3.05. The molecule has 3 aromatic rings. The number of aromatic nitrogens is 1. The summed E-state index contributed by atoms with van der Waals surface area (Å²) in [7, 11) is 0. The van der Waals surface area contributed by atoms with Crippen LogP contribution >= 0.6 is 11.6 Å². The average molecular weight is 398 g/mol. The molecule has 1 amide bonds. The lowest BCUT2D eigenvalue weighted by Crippen LogP contribution is -2.45. The number of halogens is 2. The Kier molecular flexibility index (Phi) is 4.43. The number of benzene rings is 2. The van der Waals surface area contributed by atoms with Crippen LogP contribution in [0.25, 0.3) is 0 Å². The van der Waals surface area contributed by atoms with E-state index in [-0.39, 0.29) is 24.0 Å². The standard InChI is InChI=1S/C21H17ClFN3O2/c1-12-9-15(23)4-6-17(12)25-11-26(18-7-8-20(27)24-13(18)2)21(28)16-5-3-14(22)10-19(16)25/h3-10H,11H2,1-2H3,(H,24,27). The fourth-order valence-corrected chi connectivity index (χ4v) is 3.68. The van der Waals surface area contributed by atoms with Crippen LogP contribution in [0.3, 0.4) is 0 Å². The Morgan fingerprint density at radius 3 is 2.39 bits per heavy atom. The van der Waals surface area contributed by atoms with Crippen molar-refractivity contribution in [1.82, 2.24) is 4.98 Å². The van der Waals surface area contributed by atoms with Gasteiger partial charge in [0.2, 0.25) is 5.56 Å². The van der Waals surface area contributed by atoms with E-state index < -0.39 is 0 Å². The molecule has 0 spiro atoms. The maximum atomic E-state index is 13.6. The van der Waals surface area contributed by atoms with Gasteiger partial charge in [0.15, 0.2) is 0 Å². The van der Waals surface area contributed by atoms with E-state index in [4.69, 9.17) is 11.6 Å². The van der Waals surface area contributed by atoms with E-state index in [0.29, 0.717) is 27.7 Å². The molecule has 0 unspecified atom stereocenters. The minimum atomic E-state index is -0.325. The predicted molar refractivity (Wildman–Crippen MR) is 108 cm³/mol. The topological polar surface area (TPSA) is 56.4 Å². The van der Waals surface area contributed by atoms with Crippen LogP contribution in [0.15, 0.2) is 53.3 Å². The summed E-state index contributed by atoms with van der Waals surface area (Å²) in [5.74, 6) is -0.521. The predicted octanol–water partition coefficient (Wildman–Crippen LogP) is 4.54. The molecule has 142 valence electrons. The van der Waals surface area contributed by atoms with Gasteiger partial charge in [0.05, 0.1) is 16.9 Å². The maximum absolute atomic E-state index is 13.6. The zero-order chi connectivity index (χ0) is 20.0. The lowest BCUT2D eigenvalue weighted by molar-refractivity contribution is 0.0983. The van der Waals surface area contributed by atoms with E-state index in [0.717, 1.165) is 11.3 Å². The monoisotopic (exact) mass is 397 g/mol. The fourth-order valence-electron chi connectivity index (χ4n) is 3.51. The number of H-pyrrole nitrogens is 1. The van der Waals surface area contributed by atoms with Gasteiger partial charge >= 0.3 is 0 Å². The van der Waals surface area contributed by atoms with E-state index in [9.17, 15) is 14.0 Å². The second kappa shape index (κ2) is 6.80. The van der Waals surface area contributed by atoms with Crippen LogP contribution in [-0.4, -0.2) is 17.6 Å². The summed E-state index contributed by atoms with van der Waals surface area (Å²) in [5, 5.41) is 0.505. The van der Waals surface area contributed by atoms with Crippen molar-refractivity contribution in [3.63, 3.8) is 0 Å². The molecule has 0 aliphatic carbocycles. The maximum Gasteiger partial charge on any atom is 0.261 e. The summed E-state index contributed by atoms with van der Waals surface area (Å²) in [4.78, 5) is 31.0. The molecule has 0 atom stereocenters. The number of nitrogens with zero attached hydrogens (tertiary/aromatic N) is 2. The van der Waals surface area contributed by atoms with Crippen LogP contribution in [0.4, 0.5) is 21.5 Å². The zero-order valence-corrected chi connectivity index (χ0v) is 16.0. The molecule has 1 aromatic heterocycles. The van der Waals surface area contributed by atoms with Crippen LogP contribution in [-0.2, 0) is 0 Å². The number of rotatable bonds is 2. The number of fused-ring (bicyclic) bond motifs is 1. The zero-order valence-electron chi connectivity index (χ0n) is 15.3. The molecule has 2 heterocycles. The van der Waals surface area contributed by atoms with Crippen molar-refractivity contribution in [3.05, 3.63) is 86.5 Å². The first-order valence-corrected chi connectivity index (χ1v) is 9.08. The molecule has 1 N–H and O–H groups in total. The molecule has 0 bridgehead atoms. The van der Waals surface area contributed by atoms with Crippen LogP contribution in [0.2, 0.25) is 5.02 Å². The Labute approximate surface area is 166 Å². The molecular weight excluding hydrogens is 381 g/mol. The van der Waals surface area contributed by atoms with Crippen molar-refractivity contribution in [2.75, 3.05) is 16.5 Å². The molecule has 1 aliphatic rings. The lowest BCUT2D eigenvalue weighted by Gasteiger charge is -2.39. The van der Waals surface area contributed by atoms with Gasteiger partial charge in [-0.15, -0.1) is 0 Å².